The molecule has 0 aliphatic rings. The molecule has 0 unspecified atom stereocenters. The highest BCUT2D eigenvalue weighted by molar-refractivity contribution is 5.94. The van der Waals surface area contributed by atoms with E-state index >= 15 is 0 Å². The first-order chi connectivity index (χ1) is 12.1. The maximum absolute atomic E-state index is 12.0. The molecule has 6 nitrogen and oxygen atoms in total. The van der Waals surface area contributed by atoms with Crippen LogP contribution in [0.15, 0.2) is 55.0 Å². The highest BCUT2D eigenvalue weighted by Gasteiger charge is 2.09. The second-order valence-electron chi connectivity index (χ2n) is 6.02. The van der Waals surface area contributed by atoms with Crippen molar-refractivity contribution in [2.75, 3.05) is 14.1 Å². The highest BCUT2D eigenvalue weighted by Crippen LogP contribution is 2.19. The van der Waals surface area contributed by atoms with Gasteiger partial charge in [0.2, 0.25) is 0 Å². The van der Waals surface area contributed by atoms with Gasteiger partial charge in [0, 0.05) is 56.3 Å². The summed E-state index contributed by atoms with van der Waals surface area (Å²) in [6.45, 7) is 1.35. The predicted octanol–water partition coefficient (Wildman–Crippen LogP) is 2.46. The molecule has 0 atom stereocenters. The molecule has 3 aromatic rings. The maximum Gasteiger partial charge on any atom is 0.253 e. The van der Waals surface area contributed by atoms with Gasteiger partial charge in [-0.3, -0.25) is 14.9 Å². The van der Waals surface area contributed by atoms with Gasteiger partial charge in [0.15, 0.2) is 0 Å². The molecule has 128 valence electrons. The average molecular weight is 335 g/mol. The number of hydrogen-bond donors (Lipinski definition) is 2. The number of hydrogen-bond acceptors (Lipinski definition) is 4. The average Bonchev–Trinajstić information content (AvgIpc) is 3.10. The minimum atomic E-state index is 0.00977. The Kier molecular flexibility index (Phi) is 5.20. The summed E-state index contributed by atoms with van der Waals surface area (Å²) in [5.74, 6) is 0.00977. The van der Waals surface area contributed by atoms with Gasteiger partial charge in [0.1, 0.15) is 0 Å². The number of amides is 1. The quantitative estimate of drug-likeness (QED) is 0.726. The van der Waals surface area contributed by atoms with Gasteiger partial charge in [-0.05, 0) is 29.8 Å². The lowest BCUT2D eigenvalue weighted by Gasteiger charge is -2.11. The van der Waals surface area contributed by atoms with Crippen LogP contribution in [0.5, 0.6) is 0 Å². The van der Waals surface area contributed by atoms with Crippen molar-refractivity contribution < 1.29 is 4.79 Å². The van der Waals surface area contributed by atoms with E-state index in [2.05, 4.69) is 20.5 Å². The Hall–Kier alpha value is -2.99. The van der Waals surface area contributed by atoms with Crippen molar-refractivity contribution in [1.82, 2.24) is 25.4 Å². The molecule has 6 heteroatoms. The minimum Gasteiger partial charge on any atom is -0.345 e. The zero-order chi connectivity index (χ0) is 17.6. The van der Waals surface area contributed by atoms with Crippen LogP contribution in [0.4, 0.5) is 0 Å². The second-order valence-corrected chi connectivity index (χ2v) is 6.02. The first-order valence-corrected chi connectivity index (χ1v) is 8.09. The summed E-state index contributed by atoms with van der Waals surface area (Å²) in [7, 11) is 3.51. The fraction of sp³-hybridized carbons (Fsp3) is 0.211. The normalized spacial score (nSPS) is 10.6. The third kappa shape index (κ3) is 4.10. The SMILES string of the molecule is CN(C)C(=O)c1cccc(CNCc2cn[nH]c2-c2cccnc2)c1. The molecule has 0 saturated heterocycles. The molecular formula is C19H21N5O. The van der Waals surface area contributed by atoms with E-state index in [0.717, 1.165) is 22.4 Å². The molecule has 1 aromatic carbocycles. The summed E-state index contributed by atoms with van der Waals surface area (Å²) in [6, 6.07) is 11.6. The van der Waals surface area contributed by atoms with Crippen molar-refractivity contribution in [2.24, 2.45) is 0 Å². The van der Waals surface area contributed by atoms with Crippen LogP contribution in [-0.4, -0.2) is 40.1 Å². The standard InChI is InChI=1S/C19H21N5O/c1-24(2)19(25)15-6-3-5-14(9-15)10-21-12-17-13-22-23-18(17)16-7-4-8-20-11-16/h3-9,11,13,21H,10,12H2,1-2H3,(H,22,23). The molecule has 2 aromatic heterocycles. The van der Waals surface area contributed by atoms with Gasteiger partial charge in [0.05, 0.1) is 11.9 Å². The number of pyridine rings is 1. The summed E-state index contributed by atoms with van der Waals surface area (Å²) in [6.07, 6.45) is 5.38. The summed E-state index contributed by atoms with van der Waals surface area (Å²) < 4.78 is 0. The zero-order valence-corrected chi connectivity index (χ0v) is 14.4. The monoisotopic (exact) mass is 335 g/mol. The molecule has 0 spiro atoms. The highest BCUT2D eigenvalue weighted by atomic mass is 16.2. The van der Waals surface area contributed by atoms with Crippen LogP contribution >= 0.6 is 0 Å². The van der Waals surface area contributed by atoms with Crippen molar-refractivity contribution in [2.45, 2.75) is 13.1 Å². The second kappa shape index (κ2) is 7.72. The Morgan fingerprint density at radius 1 is 1.16 bits per heavy atom. The van der Waals surface area contributed by atoms with Crippen LogP contribution in [0.25, 0.3) is 11.3 Å². The van der Waals surface area contributed by atoms with Crippen molar-refractivity contribution in [3.05, 3.63) is 71.7 Å². The molecule has 0 aliphatic carbocycles. The van der Waals surface area contributed by atoms with Crippen LogP contribution in [0, 0.1) is 0 Å². The summed E-state index contributed by atoms with van der Waals surface area (Å²) >= 11 is 0. The lowest BCUT2D eigenvalue weighted by molar-refractivity contribution is 0.0827. The first kappa shape index (κ1) is 16.9. The fourth-order valence-electron chi connectivity index (χ4n) is 2.62. The van der Waals surface area contributed by atoms with Crippen LogP contribution in [0.2, 0.25) is 0 Å². The van der Waals surface area contributed by atoms with Gasteiger partial charge in [-0.25, -0.2) is 0 Å². The number of carbonyl (C=O) groups excluding carboxylic acids is 1. The molecule has 0 fully saturated rings. The van der Waals surface area contributed by atoms with Gasteiger partial charge in [0.25, 0.3) is 5.91 Å². The minimum absolute atomic E-state index is 0.00977. The van der Waals surface area contributed by atoms with Gasteiger partial charge >= 0.3 is 0 Å². The first-order valence-electron chi connectivity index (χ1n) is 8.09. The topological polar surface area (TPSA) is 73.9 Å². The Morgan fingerprint density at radius 2 is 2.04 bits per heavy atom. The van der Waals surface area contributed by atoms with Crippen LogP contribution < -0.4 is 5.32 Å². The number of aromatic nitrogens is 3. The molecule has 1 amide bonds. The van der Waals surface area contributed by atoms with E-state index in [-0.39, 0.29) is 5.91 Å². The molecule has 0 radical (unpaired) electrons. The molecule has 3 rings (SSSR count). The summed E-state index contributed by atoms with van der Waals surface area (Å²) in [5.41, 5.74) is 4.82. The van der Waals surface area contributed by atoms with Gasteiger partial charge in [-0.15, -0.1) is 0 Å². The van der Waals surface area contributed by atoms with E-state index in [1.165, 1.54) is 0 Å². The third-order valence-electron chi connectivity index (χ3n) is 3.89. The van der Waals surface area contributed by atoms with Gasteiger partial charge in [-0.1, -0.05) is 12.1 Å². The van der Waals surface area contributed by atoms with E-state index < -0.39 is 0 Å². The Balaban J connectivity index is 1.64. The fourth-order valence-corrected chi connectivity index (χ4v) is 2.62. The molecule has 2 heterocycles. The third-order valence-corrected chi connectivity index (χ3v) is 3.89. The van der Waals surface area contributed by atoms with Crippen molar-refractivity contribution in [3.63, 3.8) is 0 Å². The lowest BCUT2D eigenvalue weighted by atomic mass is 10.1. The van der Waals surface area contributed by atoms with Crippen molar-refractivity contribution in [3.8, 4) is 11.3 Å². The van der Waals surface area contributed by atoms with E-state index in [1.807, 2.05) is 48.8 Å². The van der Waals surface area contributed by atoms with Gasteiger partial charge in [-0.2, -0.15) is 5.10 Å². The number of nitrogens with one attached hydrogen (secondary N) is 2. The number of H-pyrrole nitrogens is 1. The number of benzene rings is 1. The molecule has 0 saturated carbocycles. The predicted molar refractivity (Wildman–Crippen MR) is 96.8 cm³/mol. The van der Waals surface area contributed by atoms with Crippen LogP contribution in [0.3, 0.4) is 0 Å². The molecule has 0 bridgehead atoms. The number of rotatable bonds is 6. The number of carbonyl (C=O) groups is 1. The Morgan fingerprint density at radius 3 is 2.80 bits per heavy atom. The van der Waals surface area contributed by atoms with E-state index in [0.29, 0.717) is 18.7 Å². The van der Waals surface area contributed by atoms with Crippen LogP contribution in [0.1, 0.15) is 21.5 Å². The number of aromatic amines is 1. The largest absolute Gasteiger partial charge is 0.345 e. The van der Waals surface area contributed by atoms with E-state index in [4.69, 9.17) is 0 Å². The Labute approximate surface area is 146 Å². The summed E-state index contributed by atoms with van der Waals surface area (Å²) in [5, 5.41) is 10.6. The lowest BCUT2D eigenvalue weighted by Crippen LogP contribution is -2.22. The zero-order valence-electron chi connectivity index (χ0n) is 14.4. The summed E-state index contributed by atoms with van der Waals surface area (Å²) in [4.78, 5) is 17.8. The van der Waals surface area contributed by atoms with Crippen LogP contribution in [-0.2, 0) is 13.1 Å². The molecule has 25 heavy (non-hydrogen) atoms. The smallest absolute Gasteiger partial charge is 0.253 e. The maximum atomic E-state index is 12.0. The Bertz CT molecular complexity index is 842. The molecule has 0 aliphatic heterocycles. The van der Waals surface area contributed by atoms with Crippen molar-refractivity contribution in [1.29, 1.82) is 0 Å². The molecular weight excluding hydrogens is 314 g/mol. The number of nitrogens with zero attached hydrogens (tertiary/aromatic N) is 3. The van der Waals surface area contributed by atoms with Crippen molar-refractivity contribution >= 4 is 5.91 Å². The molecule has 2 N–H and O–H groups in total. The van der Waals surface area contributed by atoms with E-state index in [1.54, 1.807) is 25.2 Å². The van der Waals surface area contributed by atoms with E-state index in [9.17, 15) is 4.79 Å². The van der Waals surface area contributed by atoms with Gasteiger partial charge < -0.3 is 10.2 Å².